The standard InChI is InChI=1S/C19H24N2O6/c1-25-15-5-4-13(10-16(15)26-2)21-17(22)11-14(18(21)23)20-8-6-12(7-9-20)19(24)27-3/h4-5,10,12,14H,6-9,11H2,1-3H3/t14-/m1/s1. The molecular formula is C19H24N2O6. The Morgan fingerprint density at radius 3 is 2.30 bits per heavy atom. The number of rotatable bonds is 5. The topological polar surface area (TPSA) is 85.4 Å². The van der Waals surface area contributed by atoms with Crippen LogP contribution in [0.3, 0.4) is 0 Å². The van der Waals surface area contributed by atoms with E-state index in [-0.39, 0.29) is 30.1 Å². The fourth-order valence-corrected chi connectivity index (χ4v) is 3.75. The van der Waals surface area contributed by atoms with Crippen LogP contribution in [-0.4, -0.2) is 63.1 Å². The summed E-state index contributed by atoms with van der Waals surface area (Å²) in [6.07, 6.45) is 1.39. The Labute approximate surface area is 158 Å². The van der Waals surface area contributed by atoms with E-state index in [2.05, 4.69) is 0 Å². The first-order valence-corrected chi connectivity index (χ1v) is 8.90. The summed E-state index contributed by atoms with van der Waals surface area (Å²) < 4.78 is 15.3. The largest absolute Gasteiger partial charge is 0.493 e. The predicted octanol–water partition coefficient (Wildman–Crippen LogP) is 1.22. The molecule has 8 nitrogen and oxygen atoms in total. The van der Waals surface area contributed by atoms with Crippen molar-refractivity contribution >= 4 is 23.5 Å². The summed E-state index contributed by atoms with van der Waals surface area (Å²) in [5.74, 6) is 0.145. The number of amides is 2. The van der Waals surface area contributed by atoms with Gasteiger partial charge in [-0.15, -0.1) is 0 Å². The van der Waals surface area contributed by atoms with Crippen molar-refractivity contribution in [3.63, 3.8) is 0 Å². The monoisotopic (exact) mass is 376 g/mol. The summed E-state index contributed by atoms with van der Waals surface area (Å²) in [7, 11) is 4.41. The van der Waals surface area contributed by atoms with Crippen LogP contribution in [0.15, 0.2) is 18.2 Å². The van der Waals surface area contributed by atoms with Crippen molar-refractivity contribution in [3.8, 4) is 11.5 Å². The Bertz CT molecular complexity index is 742. The van der Waals surface area contributed by atoms with Crippen LogP contribution in [0.1, 0.15) is 19.3 Å². The zero-order chi connectivity index (χ0) is 19.6. The highest BCUT2D eigenvalue weighted by molar-refractivity contribution is 6.22. The number of likely N-dealkylation sites (tertiary alicyclic amines) is 1. The molecule has 0 aliphatic carbocycles. The van der Waals surface area contributed by atoms with Gasteiger partial charge in [0.15, 0.2) is 11.5 Å². The first-order valence-electron chi connectivity index (χ1n) is 8.90. The number of anilines is 1. The van der Waals surface area contributed by atoms with Crippen LogP contribution in [0.25, 0.3) is 0 Å². The lowest BCUT2D eigenvalue weighted by molar-refractivity contribution is -0.147. The van der Waals surface area contributed by atoms with E-state index in [1.165, 1.54) is 26.2 Å². The first kappa shape index (κ1) is 19.2. The van der Waals surface area contributed by atoms with Crippen LogP contribution in [-0.2, 0) is 19.1 Å². The molecule has 2 amide bonds. The summed E-state index contributed by atoms with van der Waals surface area (Å²) in [6.45, 7) is 1.17. The number of methoxy groups -OCH3 is 3. The molecule has 146 valence electrons. The summed E-state index contributed by atoms with van der Waals surface area (Å²) in [4.78, 5) is 40.3. The molecule has 2 heterocycles. The molecule has 0 bridgehead atoms. The lowest BCUT2D eigenvalue weighted by atomic mass is 9.95. The van der Waals surface area contributed by atoms with Crippen molar-refractivity contribution in [2.24, 2.45) is 5.92 Å². The number of ether oxygens (including phenoxy) is 3. The molecule has 0 radical (unpaired) electrons. The van der Waals surface area contributed by atoms with Gasteiger partial charge < -0.3 is 14.2 Å². The van der Waals surface area contributed by atoms with E-state index in [1.807, 2.05) is 4.90 Å². The van der Waals surface area contributed by atoms with Gasteiger partial charge >= 0.3 is 5.97 Å². The van der Waals surface area contributed by atoms with Gasteiger partial charge in [0.1, 0.15) is 0 Å². The molecule has 27 heavy (non-hydrogen) atoms. The number of imide groups is 1. The third kappa shape index (κ3) is 3.62. The number of benzene rings is 1. The second-order valence-electron chi connectivity index (χ2n) is 6.66. The van der Waals surface area contributed by atoms with E-state index in [9.17, 15) is 14.4 Å². The van der Waals surface area contributed by atoms with Gasteiger partial charge in [-0.1, -0.05) is 0 Å². The minimum absolute atomic E-state index is 0.135. The van der Waals surface area contributed by atoms with Crippen LogP contribution in [0.2, 0.25) is 0 Å². The molecule has 0 spiro atoms. The van der Waals surface area contributed by atoms with E-state index in [0.29, 0.717) is 43.1 Å². The van der Waals surface area contributed by atoms with E-state index < -0.39 is 6.04 Å². The van der Waals surface area contributed by atoms with Crippen molar-refractivity contribution in [2.45, 2.75) is 25.3 Å². The number of hydrogen-bond donors (Lipinski definition) is 0. The van der Waals surface area contributed by atoms with Gasteiger partial charge in [0.25, 0.3) is 5.91 Å². The van der Waals surface area contributed by atoms with Gasteiger partial charge in [-0.25, -0.2) is 4.90 Å². The van der Waals surface area contributed by atoms with Gasteiger partial charge in [0.2, 0.25) is 5.91 Å². The van der Waals surface area contributed by atoms with Gasteiger partial charge in [0.05, 0.1) is 45.4 Å². The molecule has 8 heteroatoms. The number of carbonyl (C=O) groups is 3. The second-order valence-corrected chi connectivity index (χ2v) is 6.66. The summed E-state index contributed by atoms with van der Waals surface area (Å²) >= 11 is 0. The molecule has 2 saturated heterocycles. The Hall–Kier alpha value is -2.61. The molecule has 2 aliphatic rings. The third-order valence-corrected chi connectivity index (χ3v) is 5.25. The molecular weight excluding hydrogens is 352 g/mol. The molecule has 2 fully saturated rings. The average molecular weight is 376 g/mol. The van der Waals surface area contributed by atoms with Crippen molar-refractivity contribution in [1.82, 2.24) is 4.90 Å². The van der Waals surface area contributed by atoms with Crippen molar-refractivity contribution in [2.75, 3.05) is 39.3 Å². The number of esters is 1. The third-order valence-electron chi connectivity index (χ3n) is 5.25. The lowest BCUT2D eigenvalue weighted by Crippen LogP contribution is -2.46. The minimum Gasteiger partial charge on any atom is -0.493 e. The molecule has 1 aromatic carbocycles. The number of piperidine rings is 1. The Kier molecular flexibility index (Phi) is 5.65. The van der Waals surface area contributed by atoms with Crippen LogP contribution < -0.4 is 14.4 Å². The number of carbonyl (C=O) groups excluding carboxylic acids is 3. The highest BCUT2D eigenvalue weighted by Crippen LogP contribution is 2.35. The zero-order valence-electron chi connectivity index (χ0n) is 15.8. The van der Waals surface area contributed by atoms with Crippen LogP contribution >= 0.6 is 0 Å². The molecule has 1 atom stereocenters. The fraction of sp³-hybridized carbons (Fsp3) is 0.526. The van der Waals surface area contributed by atoms with Gasteiger partial charge in [-0.05, 0) is 38.1 Å². The highest BCUT2D eigenvalue weighted by atomic mass is 16.5. The predicted molar refractivity (Wildman–Crippen MR) is 96.8 cm³/mol. The second kappa shape index (κ2) is 7.96. The van der Waals surface area contributed by atoms with E-state index in [4.69, 9.17) is 14.2 Å². The van der Waals surface area contributed by atoms with Gasteiger partial charge in [0, 0.05) is 6.07 Å². The molecule has 2 aliphatic heterocycles. The molecule has 0 unspecified atom stereocenters. The summed E-state index contributed by atoms with van der Waals surface area (Å²) in [6, 6.07) is 4.47. The first-order chi connectivity index (χ1) is 13.0. The average Bonchev–Trinajstić information content (AvgIpc) is 3.01. The summed E-state index contributed by atoms with van der Waals surface area (Å²) in [5.41, 5.74) is 0.467. The SMILES string of the molecule is COC(=O)C1CCN([C@@H]2CC(=O)N(c3ccc(OC)c(OC)c3)C2=O)CC1. The molecule has 3 rings (SSSR count). The Morgan fingerprint density at radius 1 is 1.04 bits per heavy atom. The van der Waals surface area contributed by atoms with Crippen LogP contribution in [0, 0.1) is 5.92 Å². The highest BCUT2D eigenvalue weighted by Gasteiger charge is 2.44. The fourth-order valence-electron chi connectivity index (χ4n) is 3.75. The zero-order valence-corrected chi connectivity index (χ0v) is 15.8. The van der Waals surface area contributed by atoms with Gasteiger partial charge in [-0.2, -0.15) is 0 Å². The van der Waals surface area contributed by atoms with Crippen LogP contribution in [0.4, 0.5) is 5.69 Å². The van der Waals surface area contributed by atoms with E-state index >= 15 is 0 Å². The maximum atomic E-state index is 12.9. The quantitative estimate of drug-likeness (QED) is 0.564. The van der Waals surface area contributed by atoms with Gasteiger partial charge in [-0.3, -0.25) is 19.3 Å². The van der Waals surface area contributed by atoms with Crippen molar-refractivity contribution in [1.29, 1.82) is 0 Å². The van der Waals surface area contributed by atoms with E-state index in [0.717, 1.165) is 0 Å². The lowest BCUT2D eigenvalue weighted by Gasteiger charge is -2.33. The smallest absolute Gasteiger partial charge is 0.308 e. The minimum atomic E-state index is -0.496. The molecule has 0 N–H and O–H groups in total. The van der Waals surface area contributed by atoms with Crippen molar-refractivity contribution in [3.05, 3.63) is 18.2 Å². The Morgan fingerprint density at radius 2 is 1.70 bits per heavy atom. The van der Waals surface area contributed by atoms with Crippen LogP contribution in [0.5, 0.6) is 11.5 Å². The molecule has 0 aromatic heterocycles. The number of nitrogens with zero attached hydrogens (tertiary/aromatic N) is 2. The maximum absolute atomic E-state index is 12.9. The van der Waals surface area contributed by atoms with Crippen molar-refractivity contribution < 1.29 is 28.6 Å². The number of hydrogen-bond acceptors (Lipinski definition) is 7. The molecule has 1 aromatic rings. The van der Waals surface area contributed by atoms with E-state index in [1.54, 1.807) is 18.2 Å². The Balaban J connectivity index is 1.73. The normalized spacial score (nSPS) is 21.4. The summed E-state index contributed by atoms with van der Waals surface area (Å²) in [5, 5.41) is 0. The molecule has 0 saturated carbocycles. The maximum Gasteiger partial charge on any atom is 0.308 e.